The highest BCUT2D eigenvalue weighted by atomic mass is 31.2. The van der Waals surface area contributed by atoms with Crippen LogP contribution in [0.15, 0.2) is 12.1 Å². The van der Waals surface area contributed by atoms with Crippen LogP contribution in [0, 0.1) is 6.92 Å². The van der Waals surface area contributed by atoms with Gasteiger partial charge in [0.1, 0.15) is 5.75 Å². The summed E-state index contributed by atoms with van der Waals surface area (Å²) in [7, 11) is -6.63. The first kappa shape index (κ1) is 35.5. The van der Waals surface area contributed by atoms with Crippen LogP contribution in [0.2, 0.25) is 18.1 Å². The predicted octanol–water partition coefficient (Wildman–Crippen LogP) is 9.01. The zero-order valence-electron chi connectivity index (χ0n) is 26.1. The molecular formula is C27H52O8P2Si. The van der Waals surface area contributed by atoms with Crippen LogP contribution in [0.5, 0.6) is 5.75 Å². The Balaban J connectivity index is 3.68. The lowest BCUT2D eigenvalue weighted by molar-refractivity contribution is 0.103. The molecule has 11 heteroatoms. The van der Waals surface area contributed by atoms with Gasteiger partial charge in [-0.3, -0.25) is 13.6 Å². The fourth-order valence-electron chi connectivity index (χ4n) is 3.81. The van der Waals surface area contributed by atoms with Crippen molar-refractivity contribution in [1.82, 2.24) is 0 Å². The molecule has 0 saturated carbocycles. The number of hydrogen-bond donors (Lipinski definition) is 0. The Bertz CT molecular complexity index is 993. The van der Waals surface area contributed by atoms with E-state index in [1.165, 1.54) is 14.2 Å². The average molecular weight is 595 g/mol. The van der Waals surface area contributed by atoms with Gasteiger partial charge in [-0.25, -0.2) is 4.57 Å². The minimum Gasteiger partial charge on any atom is -0.417 e. The van der Waals surface area contributed by atoms with Gasteiger partial charge in [0.2, 0.25) is 0 Å². The third-order valence-electron chi connectivity index (χ3n) is 6.81. The van der Waals surface area contributed by atoms with Crippen molar-refractivity contribution < 1.29 is 36.2 Å². The molecule has 0 atom stereocenters. The summed E-state index contributed by atoms with van der Waals surface area (Å²) in [6.07, 6.45) is -0.0994. The van der Waals surface area contributed by atoms with Crippen molar-refractivity contribution in [3.05, 3.63) is 28.8 Å². The second-order valence-electron chi connectivity index (χ2n) is 12.5. The van der Waals surface area contributed by atoms with E-state index in [9.17, 15) is 9.13 Å². The number of benzene rings is 1. The molecule has 8 nitrogen and oxygen atoms in total. The van der Waals surface area contributed by atoms with Crippen molar-refractivity contribution in [1.29, 1.82) is 0 Å². The Kier molecular flexibility index (Phi) is 12.6. The molecule has 0 radical (unpaired) electrons. The number of phosphoric acid groups is 1. The third-order valence-corrected chi connectivity index (χ3v) is 15.0. The van der Waals surface area contributed by atoms with Crippen molar-refractivity contribution in [3.8, 4) is 5.75 Å². The van der Waals surface area contributed by atoms with E-state index in [1.54, 1.807) is 27.7 Å². The third kappa shape index (κ3) is 10.2. The Morgan fingerprint density at radius 3 is 1.82 bits per heavy atom. The fourth-order valence-corrected chi connectivity index (χ4v) is 7.48. The molecule has 0 aliphatic rings. The summed E-state index contributed by atoms with van der Waals surface area (Å²) in [6, 6.07) is 3.76. The molecule has 0 aliphatic heterocycles. The lowest BCUT2D eigenvalue weighted by Gasteiger charge is -2.38. The summed E-state index contributed by atoms with van der Waals surface area (Å²) < 4.78 is 61.6. The molecule has 0 aliphatic carbocycles. The van der Waals surface area contributed by atoms with E-state index < -0.39 is 29.2 Å². The number of rotatable bonds is 15. The average Bonchev–Trinajstić information content (AvgIpc) is 2.70. The number of hydrogen-bond acceptors (Lipinski definition) is 8. The Morgan fingerprint density at radius 1 is 0.895 bits per heavy atom. The van der Waals surface area contributed by atoms with E-state index in [1.807, 2.05) is 19.1 Å². The van der Waals surface area contributed by atoms with Crippen LogP contribution in [0.4, 0.5) is 0 Å². The van der Waals surface area contributed by atoms with Gasteiger partial charge in [-0.15, -0.1) is 0 Å². The SMILES string of the molecule is COP(=O)(Cc1cc(C)cc(OP(=O)(OC(C)C)OC(C)C)c1C(C)(C)CCO[Si](C)(C)C(C)(C)C)OC. The standard InChI is InChI=1S/C27H52O8P2Si/c1-20(2)33-37(29,34-21(3)4)35-24-18-22(5)17-23(19-36(28,30-11)31-12)25(24)27(9,10)15-16-32-38(13,14)26(6,7)8/h17-18,20-21H,15-16,19H2,1-14H3. The normalized spacial score (nSPS) is 14.0. The smallest absolute Gasteiger partial charge is 0.417 e. The molecular weight excluding hydrogens is 542 g/mol. The molecule has 38 heavy (non-hydrogen) atoms. The maximum absolute atomic E-state index is 13.8. The second-order valence-corrected chi connectivity index (χ2v) is 21.1. The monoisotopic (exact) mass is 594 g/mol. The summed E-state index contributed by atoms with van der Waals surface area (Å²) in [5.74, 6) is 0.362. The molecule has 0 heterocycles. The van der Waals surface area contributed by atoms with Crippen LogP contribution >= 0.6 is 15.4 Å². The van der Waals surface area contributed by atoms with Gasteiger partial charge in [0, 0.05) is 26.4 Å². The zero-order chi connectivity index (χ0) is 29.7. The van der Waals surface area contributed by atoms with Crippen LogP contribution < -0.4 is 4.52 Å². The lowest BCUT2D eigenvalue weighted by Crippen LogP contribution is -2.41. The largest absolute Gasteiger partial charge is 0.530 e. The zero-order valence-corrected chi connectivity index (χ0v) is 28.9. The molecule has 0 bridgehead atoms. The Hall–Kier alpha value is -0.503. The van der Waals surface area contributed by atoms with E-state index in [0.29, 0.717) is 18.8 Å². The summed E-state index contributed by atoms with van der Waals surface area (Å²) in [5, 5.41) is 0.0824. The van der Waals surface area contributed by atoms with Crippen molar-refractivity contribution in [2.24, 2.45) is 0 Å². The molecule has 1 aromatic rings. The molecule has 0 aromatic heterocycles. The van der Waals surface area contributed by atoms with Crippen LogP contribution in [0.3, 0.4) is 0 Å². The van der Waals surface area contributed by atoms with Gasteiger partial charge < -0.3 is 18.0 Å². The topological polar surface area (TPSA) is 89.5 Å². The molecule has 0 saturated heterocycles. The second kappa shape index (κ2) is 13.4. The minimum absolute atomic E-state index is 0.0280. The van der Waals surface area contributed by atoms with Crippen molar-refractivity contribution in [3.63, 3.8) is 0 Å². The highest BCUT2D eigenvalue weighted by molar-refractivity contribution is 7.53. The molecule has 1 rings (SSSR count). The molecule has 0 fully saturated rings. The Labute approximate surface area is 232 Å². The van der Waals surface area contributed by atoms with Gasteiger partial charge in [0.25, 0.3) is 0 Å². The highest BCUT2D eigenvalue weighted by Crippen LogP contribution is 2.56. The fraction of sp³-hybridized carbons (Fsp3) is 0.778. The van der Waals surface area contributed by atoms with E-state index >= 15 is 0 Å². The van der Waals surface area contributed by atoms with Gasteiger partial charge >= 0.3 is 15.4 Å². The summed E-state index contributed by atoms with van der Waals surface area (Å²) >= 11 is 0. The van der Waals surface area contributed by atoms with Gasteiger partial charge in [-0.1, -0.05) is 40.7 Å². The van der Waals surface area contributed by atoms with Crippen LogP contribution in [0.25, 0.3) is 0 Å². The van der Waals surface area contributed by atoms with Gasteiger partial charge in [0.05, 0.1) is 18.4 Å². The van der Waals surface area contributed by atoms with Crippen LogP contribution in [-0.2, 0) is 43.2 Å². The molecule has 0 spiro atoms. The van der Waals surface area contributed by atoms with E-state index in [0.717, 1.165) is 16.7 Å². The maximum atomic E-state index is 13.8. The Morgan fingerprint density at radius 2 is 1.39 bits per heavy atom. The van der Waals surface area contributed by atoms with Gasteiger partial charge in [-0.2, -0.15) is 0 Å². The molecule has 0 N–H and O–H groups in total. The van der Waals surface area contributed by atoms with E-state index in [-0.39, 0.29) is 23.4 Å². The summed E-state index contributed by atoms with van der Waals surface area (Å²) in [4.78, 5) is 0. The van der Waals surface area contributed by atoms with Crippen molar-refractivity contribution >= 4 is 23.7 Å². The lowest BCUT2D eigenvalue weighted by atomic mass is 9.78. The predicted molar refractivity (Wildman–Crippen MR) is 158 cm³/mol. The van der Waals surface area contributed by atoms with Crippen LogP contribution in [-0.4, -0.2) is 41.4 Å². The molecule has 222 valence electrons. The van der Waals surface area contributed by atoms with Gasteiger partial charge in [-0.05, 0) is 81.8 Å². The minimum atomic E-state index is -3.99. The first-order valence-electron chi connectivity index (χ1n) is 13.3. The quantitative estimate of drug-likeness (QED) is 0.147. The molecule has 0 unspecified atom stereocenters. The number of phosphoric ester groups is 1. The molecule has 0 amide bonds. The van der Waals surface area contributed by atoms with E-state index in [4.69, 9.17) is 27.0 Å². The van der Waals surface area contributed by atoms with Gasteiger partial charge in [0.15, 0.2) is 8.32 Å². The van der Waals surface area contributed by atoms with Crippen LogP contribution in [0.1, 0.15) is 85.4 Å². The maximum Gasteiger partial charge on any atom is 0.530 e. The first-order chi connectivity index (χ1) is 17.1. The van der Waals surface area contributed by atoms with Crippen molar-refractivity contribution in [2.75, 3.05) is 20.8 Å². The molecule has 1 aromatic carbocycles. The number of aryl methyl sites for hydroxylation is 1. The summed E-state index contributed by atoms with van der Waals surface area (Å²) in [6.45, 7) is 24.8. The first-order valence-corrected chi connectivity index (χ1v) is 19.3. The van der Waals surface area contributed by atoms with Crippen molar-refractivity contribution in [2.45, 2.75) is 118 Å². The summed E-state index contributed by atoms with van der Waals surface area (Å²) in [5.41, 5.74) is 1.79. The highest BCUT2D eigenvalue weighted by Gasteiger charge is 2.40. The van der Waals surface area contributed by atoms with E-state index in [2.05, 4.69) is 47.7 Å².